The number of halogens is 3. The molecule has 0 aliphatic heterocycles. The number of rotatable bonds is 10. The highest BCUT2D eigenvalue weighted by Gasteiger charge is 2.26. The highest BCUT2D eigenvalue weighted by Crippen LogP contribution is 2.17. The zero-order valence-corrected chi connectivity index (χ0v) is 9.39. The Bertz CT molecular complexity index is 197. The lowest BCUT2D eigenvalue weighted by Gasteiger charge is -2.17. The van der Waals surface area contributed by atoms with Gasteiger partial charge in [0.05, 0.1) is 13.2 Å². The summed E-state index contributed by atoms with van der Waals surface area (Å²) in [5.74, 6) is 0. The normalized spacial score (nSPS) is 11.8. The third-order valence-corrected chi connectivity index (χ3v) is 1.76. The topological polar surface area (TPSA) is 27.7 Å². The van der Waals surface area contributed by atoms with Crippen molar-refractivity contribution in [3.63, 3.8) is 0 Å². The molecule has 0 aromatic rings. The minimum atomic E-state index is -4.98. The van der Waals surface area contributed by atoms with Gasteiger partial charge in [0.25, 0.3) is 0 Å². The number of methoxy groups -OCH3 is 1. The Morgan fingerprint density at radius 2 is 1.69 bits per heavy atom. The minimum absolute atomic E-state index is 0.137. The van der Waals surface area contributed by atoms with Crippen LogP contribution in [0.1, 0.15) is 6.42 Å². The van der Waals surface area contributed by atoms with Gasteiger partial charge in [0.2, 0.25) is 0 Å². The molecule has 7 heteroatoms. The first-order valence-electron chi connectivity index (χ1n) is 5.00. The van der Waals surface area contributed by atoms with Crippen molar-refractivity contribution in [3.8, 4) is 0 Å². The molecule has 3 nitrogen and oxygen atoms in total. The Morgan fingerprint density at radius 1 is 1.06 bits per heavy atom. The predicted molar refractivity (Wildman–Crippen MR) is 56.3 cm³/mol. The maximum atomic E-state index is 12.0. The van der Waals surface area contributed by atoms with E-state index in [1.807, 2.05) is 0 Å². The van der Waals surface area contributed by atoms with Gasteiger partial charge in [-0.1, -0.05) is 0 Å². The molecule has 0 atom stereocenters. The summed E-state index contributed by atoms with van der Waals surface area (Å²) < 4.78 is 50.7. The molecule has 0 aromatic heterocycles. The molecule has 0 fully saturated rings. The van der Waals surface area contributed by atoms with Crippen LogP contribution in [0.3, 0.4) is 0 Å². The largest absolute Gasteiger partial charge is 0.507 e. The predicted octanol–water partition coefficient (Wildman–Crippen LogP) is 2.00. The van der Waals surface area contributed by atoms with Gasteiger partial charge in [0.1, 0.15) is 0 Å². The van der Waals surface area contributed by atoms with Crippen molar-refractivity contribution in [2.24, 2.45) is 0 Å². The molecule has 0 saturated heterocycles. The van der Waals surface area contributed by atoms with Gasteiger partial charge < -0.3 is 27.2 Å². The van der Waals surface area contributed by atoms with Crippen LogP contribution in [0.4, 0.5) is 12.9 Å². The smallest absolute Gasteiger partial charge is 0.445 e. The second kappa shape index (κ2) is 8.61. The Morgan fingerprint density at radius 3 is 2.25 bits per heavy atom. The summed E-state index contributed by atoms with van der Waals surface area (Å²) in [6.07, 6.45) is 0.759. The molecule has 0 bridgehead atoms. The summed E-state index contributed by atoms with van der Waals surface area (Å²) in [7, 11) is 1.59. The molecule has 0 N–H and O–H groups in total. The Labute approximate surface area is 93.6 Å². The van der Waals surface area contributed by atoms with Gasteiger partial charge in [-0.2, -0.15) is 0 Å². The van der Waals surface area contributed by atoms with Gasteiger partial charge >= 0.3 is 6.98 Å². The monoisotopic (exact) mass is 241 g/mol. The highest BCUT2D eigenvalue weighted by molar-refractivity contribution is 6.66. The lowest BCUT2D eigenvalue weighted by Crippen LogP contribution is -2.23. The number of hydrogen-bond donors (Lipinski definition) is 0. The van der Waals surface area contributed by atoms with Crippen molar-refractivity contribution < 1.29 is 27.2 Å². The third-order valence-electron chi connectivity index (χ3n) is 1.76. The molecule has 0 amide bonds. The first-order valence-corrected chi connectivity index (χ1v) is 5.00. The van der Waals surface area contributed by atoms with Crippen LogP contribution in [0, 0.1) is 0 Å². The summed E-state index contributed by atoms with van der Waals surface area (Å²) in [6, 6.07) is 0. The average molecular weight is 241 g/mol. The molecule has 16 heavy (non-hydrogen) atoms. The first-order chi connectivity index (χ1) is 7.48. The van der Waals surface area contributed by atoms with Crippen LogP contribution >= 0.6 is 0 Å². The maximum absolute atomic E-state index is 12.0. The van der Waals surface area contributed by atoms with Gasteiger partial charge in [-0.3, -0.25) is 0 Å². The summed E-state index contributed by atoms with van der Waals surface area (Å²) in [4.78, 5) is 0. The first kappa shape index (κ1) is 15.5. The molecule has 0 radical (unpaired) electrons. The molecule has 0 aliphatic rings. The van der Waals surface area contributed by atoms with Crippen LogP contribution in [0.2, 0.25) is 0 Å². The Balaban J connectivity index is 3.25. The van der Waals surface area contributed by atoms with E-state index in [1.165, 1.54) is 0 Å². The average Bonchev–Trinajstić information content (AvgIpc) is 2.20. The molecule has 0 heterocycles. The van der Waals surface area contributed by atoms with Gasteiger partial charge in [0, 0.05) is 26.9 Å². The quantitative estimate of drug-likeness (QED) is 0.432. The van der Waals surface area contributed by atoms with Gasteiger partial charge in [-0.15, -0.1) is 12.1 Å². The van der Waals surface area contributed by atoms with Crippen molar-refractivity contribution >= 4 is 6.98 Å². The van der Waals surface area contributed by atoms with E-state index in [0.29, 0.717) is 13.2 Å². The number of hydrogen-bond acceptors (Lipinski definition) is 3. The van der Waals surface area contributed by atoms with Crippen LogP contribution in [0.25, 0.3) is 0 Å². The van der Waals surface area contributed by atoms with Crippen LogP contribution in [-0.4, -0.2) is 47.1 Å². The number of ether oxygens (including phenoxy) is 3. The van der Waals surface area contributed by atoms with E-state index < -0.39 is 19.1 Å². The summed E-state index contributed by atoms with van der Waals surface area (Å²) >= 11 is 0. The molecular weight excluding hydrogens is 224 g/mol. The molecule has 96 valence electrons. The second-order valence-electron chi connectivity index (χ2n) is 3.24. The maximum Gasteiger partial charge on any atom is 0.507 e. The van der Waals surface area contributed by atoms with Crippen molar-refractivity contribution in [1.29, 1.82) is 0 Å². The highest BCUT2D eigenvalue weighted by atomic mass is 19.4. The standard InChI is InChI=1S/C9H17BF3O3/c1-9(10(11,12)13)8-16-7-6-15-5-3-4-14-2/h1,3-8H2,2H3/q-1. The summed E-state index contributed by atoms with van der Waals surface area (Å²) in [5.41, 5.74) is -0.820. The Hall–Kier alpha value is -0.525. The van der Waals surface area contributed by atoms with Crippen LogP contribution < -0.4 is 0 Å². The van der Waals surface area contributed by atoms with E-state index in [0.717, 1.165) is 6.42 Å². The zero-order chi connectivity index (χ0) is 12.4. The lowest BCUT2D eigenvalue weighted by molar-refractivity contribution is 0.0473. The minimum Gasteiger partial charge on any atom is -0.445 e. The van der Waals surface area contributed by atoms with Gasteiger partial charge in [-0.25, -0.2) is 0 Å². The van der Waals surface area contributed by atoms with Crippen LogP contribution in [0.5, 0.6) is 0 Å². The molecule has 0 unspecified atom stereocenters. The zero-order valence-electron chi connectivity index (χ0n) is 9.39. The van der Waals surface area contributed by atoms with E-state index in [9.17, 15) is 12.9 Å². The van der Waals surface area contributed by atoms with Crippen molar-refractivity contribution in [3.05, 3.63) is 12.1 Å². The molecular formula is C9H17BF3O3-. The van der Waals surface area contributed by atoms with Crippen LogP contribution in [0.15, 0.2) is 12.1 Å². The second-order valence-corrected chi connectivity index (χ2v) is 3.24. The van der Waals surface area contributed by atoms with E-state index in [2.05, 4.69) is 6.58 Å². The van der Waals surface area contributed by atoms with Gasteiger partial charge in [-0.05, 0) is 6.42 Å². The fraction of sp³-hybridized carbons (Fsp3) is 0.778. The molecule has 0 saturated carbocycles. The molecule has 0 aliphatic carbocycles. The SMILES string of the molecule is C=C(COCCOCCCOC)[B-](F)(F)F. The molecule has 0 aromatic carbocycles. The van der Waals surface area contributed by atoms with E-state index in [1.54, 1.807) is 7.11 Å². The fourth-order valence-corrected chi connectivity index (χ4v) is 0.823. The van der Waals surface area contributed by atoms with Crippen molar-refractivity contribution in [2.75, 3.05) is 40.1 Å². The van der Waals surface area contributed by atoms with Crippen molar-refractivity contribution in [2.45, 2.75) is 6.42 Å². The summed E-state index contributed by atoms with van der Waals surface area (Å²) in [6.45, 7) is -1.02. The molecule has 0 rings (SSSR count). The van der Waals surface area contributed by atoms with Crippen LogP contribution in [-0.2, 0) is 14.2 Å². The Kier molecular flexibility index (Phi) is 8.32. The van der Waals surface area contributed by atoms with E-state index in [4.69, 9.17) is 14.2 Å². The van der Waals surface area contributed by atoms with Gasteiger partial charge in [0.15, 0.2) is 0 Å². The summed E-state index contributed by atoms with van der Waals surface area (Å²) in [5, 5.41) is 0. The fourth-order valence-electron chi connectivity index (χ4n) is 0.823. The molecule has 0 spiro atoms. The van der Waals surface area contributed by atoms with Crippen molar-refractivity contribution in [1.82, 2.24) is 0 Å². The van der Waals surface area contributed by atoms with E-state index in [-0.39, 0.29) is 13.2 Å². The third kappa shape index (κ3) is 8.76. The lowest BCUT2D eigenvalue weighted by atomic mass is 9.81. The van der Waals surface area contributed by atoms with E-state index >= 15 is 0 Å².